The summed E-state index contributed by atoms with van der Waals surface area (Å²) in [6.07, 6.45) is 0. The van der Waals surface area contributed by atoms with Gasteiger partial charge < -0.3 is 15.4 Å². The fourth-order valence-electron chi connectivity index (χ4n) is 2.01. The summed E-state index contributed by atoms with van der Waals surface area (Å²) in [4.78, 5) is 23.5. The summed E-state index contributed by atoms with van der Waals surface area (Å²) >= 11 is 0. The zero-order valence-electron chi connectivity index (χ0n) is 13.3. The number of hydrogen-bond donors (Lipinski definition) is 2. The Balaban J connectivity index is 2.22. The van der Waals surface area contributed by atoms with Crippen LogP contribution in [0.4, 0.5) is 14.6 Å². The number of carbonyl (C=O) groups excluding carboxylic acids is 2. The van der Waals surface area contributed by atoms with E-state index in [1.165, 1.54) is 24.9 Å². The molecule has 0 aliphatic carbocycles. The topological polar surface area (TPSA) is 85.3 Å². The molecule has 1 aromatic carbocycles. The molecular weight excluding hydrogens is 322 g/mol. The molecule has 0 bridgehead atoms. The Labute approximate surface area is 136 Å². The first-order chi connectivity index (χ1) is 11.3. The number of benzene rings is 1. The maximum atomic E-state index is 13.9. The van der Waals surface area contributed by atoms with Crippen LogP contribution in [0.5, 0.6) is 5.75 Å². The highest BCUT2D eigenvalue weighted by Crippen LogP contribution is 2.21. The normalized spacial score (nSPS) is 10.4. The van der Waals surface area contributed by atoms with Gasteiger partial charge in [-0.05, 0) is 6.92 Å². The van der Waals surface area contributed by atoms with Gasteiger partial charge in [-0.3, -0.25) is 14.3 Å². The molecule has 0 spiro atoms. The molecule has 2 amide bonds. The van der Waals surface area contributed by atoms with E-state index in [0.717, 1.165) is 12.1 Å². The molecule has 0 saturated carbocycles. The van der Waals surface area contributed by atoms with Crippen LogP contribution in [0.3, 0.4) is 0 Å². The van der Waals surface area contributed by atoms with Crippen molar-refractivity contribution in [3.63, 3.8) is 0 Å². The van der Waals surface area contributed by atoms with Crippen LogP contribution in [-0.2, 0) is 11.3 Å². The first-order valence-corrected chi connectivity index (χ1v) is 6.95. The summed E-state index contributed by atoms with van der Waals surface area (Å²) < 4.78 is 33.9. The fraction of sp³-hybridized carbons (Fsp3) is 0.267. The Morgan fingerprint density at radius 2 is 1.88 bits per heavy atom. The lowest BCUT2D eigenvalue weighted by atomic mass is 10.1. The minimum absolute atomic E-state index is 0.0350. The third-order valence-corrected chi connectivity index (χ3v) is 3.27. The van der Waals surface area contributed by atoms with Crippen molar-refractivity contribution >= 4 is 17.6 Å². The quantitative estimate of drug-likeness (QED) is 0.865. The average Bonchev–Trinajstić information content (AvgIpc) is 2.85. The number of carbonyl (C=O) groups is 2. The standard InChI is InChI=1S/C15H16F2N4O3/c1-8-4-12(20-21(8)7-13(22)18-2)19-15(23)14-10(16)5-9(24-3)6-11(14)17/h4-6H,7H2,1-3H3,(H,18,22)(H,19,20,23). The molecule has 0 radical (unpaired) electrons. The zero-order chi connectivity index (χ0) is 17.9. The van der Waals surface area contributed by atoms with Crippen molar-refractivity contribution in [3.05, 3.63) is 41.1 Å². The maximum absolute atomic E-state index is 13.9. The summed E-state index contributed by atoms with van der Waals surface area (Å²) in [5, 5.41) is 8.76. The van der Waals surface area contributed by atoms with E-state index in [1.54, 1.807) is 6.92 Å². The van der Waals surface area contributed by atoms with Gasteiger partial charge in [0.05, 0.1) is 7.11 Å². The number of amides is 2. The molecular formula is C15H16F2N4O3. The number of hydrogen-bond acceptors (Lipinski definition) is 4. The maximum Gasteiger partial charge on any atom is 0.262 e. The summed E-state index contributed by atoms with van der Waals surface area (Å²) in [5.74, 6) is -3.32. The predicted molar refractivity (Wildman–Crippen MR) is 81.9 cm³/mol. The largest absolute Gasteiger partial charge is 0.497 e. The third kappa shape index (κ3) is 3.67. The van der Waals surface area contributed by atoms with Crippen LogP contribution >= 0.6 is 0 Å². The van der Waals surface area contributed by atoms with Gasteiger partial charge in [0.15, 0.2) is 5.82 Å². The van der Waals surface area contributed by atoms with Crippen molar-refractivity contribution in [2.45, 2.75) is 13.5 Å². The Morgan fingerprint density at radius 3 is 2.42 bits per heavy atom. The minimum Gasteiger partial charge on any atom is -0.497 e. The van der Waals surface area contributed by atoms with Crippen LogP contribution in [0.15, 0.2) is 18.2 Å². The lowest BCUT2D eigenvalue weighted by molar-refractivity contribution is -0.121. The summed E-state index contributed by atoms with van der Waals surface area (Å²) in [6, 6.07) is 3.31. The van der Waals surface area contributed by atoms with Crippen LogP contribution < -0.4 is 15.4 Å². The summed E-state index contributed by atoms with van der Waals surface area (Å²) in [5.41, 5.74) is -0.140. The average molecular weight is 338 g/mol. The highest BCUT2D eigenvalue weighted by atomic mass is 19.1. The SMILES string of the molecule is CNC(=O)Cn1nc(NC(=O)c2c(F)cc(OC)cc2F)cc1C. The molecule has 2 N–H and O–H groups in total. The second kappa shape index (κ2) is 7.07. The lowest BCUT2D eigenvalue weighted by Gasteiger charge is -2.07. The predicted octanol–water partition coefficient (Wildman–Crippen LogP) is 1.48. The number of methoxy groups -OCH3 is 1. The van der Waals surface area contributed by atoms with Gasteiger partial charge in [-0.1, -0.05) is 0 Å². The van der Waals surface area contributed by atoms with E-state index >= 15 is 0 Å². The van der Waals surface area contributed by atoms with Crippen molar-refractivity contribution in [2.75, 3.05) is 19.5 Å². The molecule has 0 fully saturated rings. The van der Waals surface area contributed by atoms with Gasteiger partial charge in [0.1, 0.15) is 29.5 Å². The third-order valence-electron chi connectivity index (χ3n) is 3.27. The Bertz CT molecular complexity index is 766. The van der Waals surface area contributed by atoms with Crippen LogP contribution in [0.25, 0.3) is 0 Å². The van der Waals surface area contributed by atoms with E-state index in [0.29, 0.717) is 5.69 Å². The molecule has 0 aliphatic heterocycles. The number of ether oxygens (including phenoxy) is 1. The molecule has 128 valence electrons. The number of likely N-dealkylation sites (N-methyl/N-ethyl adjacent to an activating group) is 1. The van der Waals surface area contributed by atoms with E-state index in [-0.39, 0.29) is 24.0 Å². The molecule has 0 aliphatic rings. The van der Waals surface area contributed by atoms with E-state index in [4.69, 9.17) is 4.74 Å². The second-order valence-corrected chi connectivity index (χ2v) is 4.92. The Kier molecular flexibility index (Phi) is 5.12. The monoisotopic (exact) mass is 338 g/mol. The first-order valence-electron chi connectivity index (χ1n) is 6.95. The van der Waals surface area contributed by atoms with Crippen molar-refractivity contribution < 1.29 is 23.1 Å². The number of rotatable bonds is 5. The molecule has 1 aromatic heterocycles. The van der Waals surface area contributed by atoms with Gasteiger partial charge in [-0.15, -0.1) is 0 Å². The van der Waals surface area contributed by atoms with Crippen molar-refractivity contribution in [1.29, 1.82) is 0 Å². The molecule has 0 saturated heterocycles. The van der Waals surface area contributed by atoms with Gasteiger partial charge in [-0.2, -0.15) is 5.10 Å². The smallest absolute Gasteiger partial charge is 0.262 e. The zero-order valence-corrected chi connectivity index (χ0v) is 13.3. The first kappa shape index (κ1) is 17.4. The molecule has 2 rings (SSSR count). The van der Waals surface area contributed by atoms with Gasteiger partial charge in [0, 0.05) is 30.9 Å². The molecule has 1 heterocycles. The number of nitrogens with one attached hydrogen (secondary N) is 2. The Morgan fingerprint density at radius 1 is 1.25 bits per heavy atom. The number of aryl methyl sites for hydroxylation is 1. The highest BCUT2D eigenvalue weighted by Gasteiger charge is 2.20. The van der Waals surface area contributed by atoms with Gasteiger partial charge in [-0.25, -0.2) is 8.78 Å². The van der Waals surface area contributed by atoms with Gasteiger partial charge >= 0.3 is 0 Å². The minimum atomic E-state index is -1.05. The van der Waals surface area contributed by atoms with E-state index < -0.39 is 23.1 Å². The van der Waals surface area contributed by atoms with Gasteiger partial charge in [0.25, 0.3) is 5.91 Å². The molecule has 0 atom stereocenters. The lowest BCUT2D eigenvalue weighted by Crippen LogP contribution is -2.24. The van der Waals surface area contributed by atoms with Crippen molar-refractivity contribution in [3.8, 4) is 5.75 Å². The molecule has 7 nitrogen and oxygen atoms in total. The molecule has 9 heteroatoms. The summed E-state index contributed by atoms with van der Waals surface area (Å²) in [6.45, 7) is 1.64. The number of nitrogens with zero attached hydrogens (tertiary/aromatic N) is 2. The van der Waals surface area contributed by atoms with E-state index in [2.05, 4.69) is 15.7 Å². The van der Waals surface area contributed by atoms with Crippen molar-refractivity contribution in [2.24, 2.45) is 0 Å². The van der Waals surface area contributed by atoms with Crippen molar-refractivity contribution in [1.82, 2.24) is 15.1 Å². The van der Waals surface area contributed by atoms with Crippen LogP contribution in [0, 0.1) is 18.6 Å². The number of halogens is 2. The second-order valence-electron chi connectivity index (χ2n) is 4.92. The highest BCUT2D eigenvalue weighted by molar-refractivity contribution is 6.04. The van der Waals surface area contributed by atoms with Crippen LogP contribution in [0.2, 0.25) is 0 Å². The summed E-state index contributed by atoms with van der Waals surface area (Å²) in [7, 11) is 2.74. The Hall–Kier alpha value is -2.97. The fourth-order valence-corrected chi connectivity index (χ4v) is 2.01. The molecule has 24 heavy (non-hydrogen) atoms. The number of anilines is 1. The van der Waals surface area contributed by atoms with Gasteiger partial charge in [0.2, 0.25) is 5.91 Å². The van der Waals surface area contributed by atoms with E-state index in [9.17, 15) is 18.4 Å². The molecule has 0 unspecified atom stereocenters. The molecule has 2 aromatic rings. The number of aromatic nitrogens is 2. The van der Waals surface area contributed by atoms with Crippen LogP contribution in [-0.4, -0.2) is 35.8 Å². The van der Waals surface area contributed by atoms with Crippen LogP contribution in [0.1, 0.15) is 16.1 Å². The van der Waals surface area contributed by atoms with E-state index in [1.807, 2.05) is 0 Å².